The molecule has 0 amide bonds. The highest BCUT2D eigenvalue weighted by Crippen LogP contribution is 2.22. The molecule has 0 saturated heterocycles. The average Bonchev–Trinajstić information content (AvgIpc) is 2.21. The smallest absolute Gasteiger partial charge is 0.163 e. The Balaban J connectivity index is 2.90. The van der Waals surface area contributed by atoms with E-state index in [-0.39, 0.29) is 6.04 Å². The summed E-state index contributed by atoms with van der Waals surface area (Å²) in [5, 5.41) is 0. The van der Waals surface area contributed by atoms with Gasteiger partial charge in [-0.25, -0.2) is 8.78 Å². The van der Waals surface area contributed by atoms with Gasteiger partial charge in [-0.15, -0.1) is 0 Å². The number of hydrogen-bond donors (Lipinski definition) is 1. The van der Waals surface area contributed by atoms with Crippen molar-refractivity contribution in [2.75, 3.05) is 20.1 Å². The standard InChI is InChI=1S/C11H16F2N2/c1-8(15(2)7-6-14)9-4-3-5-10(12)11(9)13/h3-5,8H,6-7,14H2,1-2H3. The highest BCUT2D eigenvalue weighted by molar-refractivity contribution is 5.22. The number of hydrogen-bond acceptors (Lipinski definition) is 2. The summed E-state index contributed by atoms with van der Waals surface area (Å²) in [6.45, 7) is 2.97. The molecule has 0 aliphatic heterocycles. The molecule has 84 valence electrons. The van der Waals surface area contributed by atoms with Gasteiger partial charge < -0.3 is 5.73 Å². The molecule has 0 heterocycles. The van der Waals surface area contributed by atoms with E-state index in [4.69, 9.17) is 5.73 Å². The van der Waals surface area contributed by atoms with Crippen LogP contribution in [0.25, 0.3) is 0 Å². The molecule has 2 N–H and O–H groups in total. The molecule has 0 aliphatic rings. The monoisotopic (exact) mass is 214 g/mol. The minimum Gasteiger partial charge on any atom is -0.329 e. The average molecular weight is 214 g/mol. The van der Waals surface area contributed by atoms with Gasteiger partial charge in [-0.2, -0.15) is 0 Å². The summed E-state index contributed by atoms with van der Waals surface area (Å²) in [4.78, 5) is 1.89. The van der Waals surface area contributed by atoms with Crippen LogP contribution in [0.3, 0.4) is 0 Å². The predicted octanol–water partition coefficient (Wildman–Crippen LogP) is 1.92. The number of benzene rings is 1. The first-order valence-electron chi connectivity index (χ1n) is 4.92. The van der Waals surface area contributed by atoms with Crippen LogP contribution in [-0.2, 0) is 0 Å². The zero-order valence-electron chi connectivity index (χ0n) is 9.00. The number of halogens is 2. The lowest BCUT2D eigenvalue weighted by Crippen LogP contribution is -2.28. The van der Waals surface area contributed by atoms with Gasteiger partial charge in [0.05, 0.1) is 0 Å². The minimum absolute atomic E-state index is 0.177. The number of nitrogens with two attached hydrogens (primary N) is 1. The minimum atomic E-state index is -0.805. The summed E-state index contributed by atoms with van der Waals surface area (Å²) in [6.07, 6.45) is 0. The summed E-state index contributed by atoms with van der Waals surface area (Å²) in [5.74, 6) is -1.57. The molecule has 0 aromatic heterocycles. The second kappa shape index (κ2) is 5.19. The summed E-state index contributed by atoms with van der Waals surface area (Å²) >= 11 is 0. The Morgan fingerprint density at radius 1 is 1.40 bits per heavy atom. The van der Waals surface area contributed by atoms with Gasteiger partial charge in [-0.3, -0.25) is 4.90 Å². The Hall–Kier alpha value is -1.00. The van der Waals surface area contributed by atoms with E-state index in [2.05, 4.69) is 0 Å². The van der Waals surface area contributed by atoms with Crippen LogP contribution in [0.15, 0.2) is 18.2 Å². The fourth-order valence-corrected chi connectivity index (χ4v) is 1.48. The fourth-order valence-electron chi connectivity index (χ4n) is 1.48. The maximum absolute atomic E-state index is 13.4. The summed E-state index contributed by atoms with van der Waals surface area (Å²) in [5.41, 5.74) is 5.77. The van der Waals surface area contributed by atoms with Crippen LogP contribution in [0, 0.1) is 11.6 Å². The molecule has 1 unspecified atom stereocenters. The second-order valence-corrected chi connectivity index (χ2v) is 3.59. The number of nitrogens with zero attached hydrogens (tertiary/aromatic N) is 1. The molecule has 0 bridgehead atoms. The summed E-state index contributed by atoms with van der Waals surface area (Å²) in [7, 11) is 1.84. The zero-order valence-corrected chi connectivity index (χ0v) is 9.00. The number of likely N-dealkylation sites (N-methyl/N-ethyl adjacent to an activating group) is 1. The van der Waals surface area contributed by atoms with Crippen molar-refractivity contribution >= 4 is 0 Å². The first-order chi connectivity index (χ1) is 7.07. The van der Waals surface area contributed by atoms with E-state index in [1.54, 1.807) is 6.07 Å². The normalized spacial score (nSPS) is 13.2. The van der Waals surface area contributed by atoms with Crippen molar-refractivity contribution in [2.24, 2.45) is 5.73 Å². The van der Waals surface area contributed by atoms with E-state index in [1.807, 2.05) is 18.9 Å². The van der Waals surface area contributed by atoms with Crippen molar-refractivity contribution in [2.45, 2.75) is 13.0 Å². The third-order valence-corrected chi connectivity index (χ3v) is 2.57. The Kier molecular flexibility index (Phi) is 4.17. The predicted molar refractivity (Wildman–Crippen MR) is 56.5 cm³/mol. The summed E-state index contributed by atoms with van der Waals surface area (Å²) in [6, 6.07) is 4.05. The Morgan fingerprint density at radius 3 is 2.67 bits per heavy atom. The Morgan fingerprint density at radius 2 is 2.07 bits per heavy atom. The zero-order chi connectivity index (χ0) is 11.4. The molecule has 0 aliphatic carbocycles. The van der Waals surface area contributed by atoms with E-state index < -0.39 is 11.6 Å². The van der Waals surface area contributed by atoms with E-state index in [1.165, 1.54) is 6.07 Å². The molecular weight excluding hydrogens is 198 g/mol. The highest BCUT2D eigenvalue weighted by atomic mass is 19.2. The van der Waals surface area contributed by atoms with Gasteiger partial charge in [0.2, 0.25) is 0 Å². The van der Waals surface area contributed by atoms with Gasteiger partial charge in [-0.1, -0.05) is 12.1 Å². The molecule has 15 heavy (non-hydrogen) atoms. The van der Waals surface area contributed by atoms with Crippen molar-refractivity contribution in [1.29, 1.82) is 0 Å². The van der Waals surface area contributed by atoms with E-state index in [0.29, 0.717) is 18.7 Å². The van der Waals surface area contributed by atoms with E-state index in [0.717, 1.165) is 6.07 Å². The van der Waals surface area contributed by atoms with Gasteiger partial charge >= 0.3 is 0 Å². The second-order valence-electron chi connectivity index (χ2n) is 3.59. The van der Waals surface area contributed by atoms with Crippen LogP contribution in [0.5, 0.6) is 0 Å². The van der Waals surface area contributed by atoms with Crippen LogP contribution >= 0.6 is 0 Å². The lowest BCUT2D eigenvalue weighted by Gasteiger charge is -2.24. The molecule has 1 aromatic rings. The van der Waals surface area contributed by atoms with E-state index in [9.17, 15) is 8.78 Å². The molecule has 2 nitrogen and oxygen atoms in total. The molecule has 0 fully saturated rings. The molecule has 4 heteroatoms. The van der Waals surface area contributed by atoms with Gasteiger partial charge in [0.1, 0.15) is 0 Å². The van der Waals surface area contributed by atoms with Crippen molar-refractivity contribution in [3.63, 3.8) is 0 Å². The maximum atomic E-state index is 13.4. The van der Waals surface area contributed by atoms with Crippen molar-refractivity contribution in [3.05, 3.63) is 35.4 Å². The van der Waals surface area contributed by atoms with Gasteiger partial charge in [0.15, 0.2) is 11.6 Å². The Bertz CT molecular complexity index is 328. The largest absolute Gasteiger partial charge is 0.329 e. The van der Waals surface area contributed by atoms with Crippen LogP contribution < -0.4 is 5.73 Å². The SMILES string of the molecule is CC(c1cccc(F)c1F)N(C)CCN. The molecule has 1 rings (SSSR count). The van der Waals surface area contributed by atoms with Gasteiger partial charge in [0.25, 0.3) is 0 Å². The number of rotatable bonds is 4. The topological polar surface area (TPSA) is 29.3 Å². The summed E-state index contributed by atoms with van der Waals surface area (Å²) < 4.78 is 26.4. The Labute approximate surface area is 88.7 Å². The van der Waals surface area contributed by atoms with Crippen molar-refractivity contribution < 1.29 is 8.78 Å². The lowest BCUT2D eigenvalue weighted by molar-refractivity contribution is 0.261. The van der Waals surface area contributed by atoms with Gasteiger partial charge in [-0.05, 0) is 20.0 Å². The molecule has 0 saturated carbocycles. The van der Waals surface area contributed by atoms with Gasteiger partial charge in [0, 0.05) is 24.7 Å². The molecular formula is C11H16F2N2. The maximum Gasteiger partial charge on any atom is 0.163 e. The van der Waals surface area contributed by atoms with Crippen LogP contribution in [0.2, 0.25) is 0 Å². The van der Waals surface area contributed by atoms with Crippen molar-refractivity contribution in [3.8, 4) is 0 Å². The molecule has 0 radical (unpaired) electrons. The first kappa shape index (κ1) is 12.1. The third-order valence-electron chi connectivity index (χ3n) is 2.57. The molecule has 1 atom stereocenters. The van der Waals surface area contributed by atoms with E-state index >= 15 is 0 Å². The van der Waals surface area contributed by atoms with Crippen molar-refractivity contribution in [1.82, 2.24) is 4.90 Å². The highest BCUT2D eigenvalue weighted by Gasteiger charge is 2.17. The lowest BCUT2D eigenvalue weighted by atomic mass is 10.1. The van der Waals surface area contributed by atoms with Crippen LogP contribution in [0.1, 0.15) is 18.5 Å². The third kappa shape index (κ3) is 2.73. The fraction of sp³-hybridized carbons (Fsp3) is 0.455. The quantitative estimate of drug-likeness (QED) is 0.829. The first-order valence-corrected chi connectivity index (χ1v) is 4.92. The molecule has 1 aromatic carbocycles. The van der Waals surface area contributed by atoms with Crippen LogP contribution in [-0.4, -0.2) is 25.0 Å². The van der Waals surface area contributed by atoms with Crippen LogP contribution in [0.4, 0.5) is 8.78 Å². The molecule has 0 spiro atoms.